The van der Waals surface area contributed by atoms with Crippen LogP contribution in [0.1, 0.15) is 15.9 Å². The third-order valence-electron chi connectivity index (χ3n) is 3.27. The largest absolute Gasteiger partial charge is 0.273 e. The molecule has 0 radical (unpaired) electrons. The van der Waals surface area contributed by atoms with E-state index < -0.39 is 11.8 Å². The summed E-state index contributed by atoms with van der Waals surface area (Å²) in [6.45, 7) is 0. The van der Waals surface area contributed by atoms with Crippen LogP contribution in [0.4, 0.5) is 4.39 Å². The summed E-state index contributed by atoms with van der Waals surface area (Å²) in [6, 6.07) is 12.5. The maximum atomic E-state index is 13.0. The summed E-state index contributed by atoms with van der Waals surface area (Å²) in [5, 5.41) is 0. The van der Waals surface area contributed by atoms with Gasteiger partial charge >= 0.3 is 0 Å². The van der Waals surface area contributed by atoms with Crippen molar-refractivity contribution >= 4 is 62.1 Å². The molecule has 120 valence electrons. The van der Waals surface area contributed by atoms with Crippen molar-refractivity contribution in [3.8, 4) is 0 Å². The molecule has 24 heavy (non-hydrogen) atoms. The summed E-state index contributed by atoms with van der Waals surface area (Å²) in [6.07, 6.45) is 1.59. The minimum Gasteiger partial charge on any atom is -0.268 e. The van der Waals surface area contributed by atoms with Gasteiger partial charge in [-0.25, -0.2) is 9.29 Å². The van der Waals surface area contributed by atoms with E-state index in [1.165, 1.54) is 12.1 Å². The molecule has 1 aliphatic heterocycles. The molecule has 0 N–H and O–H groups in total. The van der Waals surface area contributed by atoms with E-state index in [0.29, 0.717) is 20.5 Å². The monoisotopic (exact) mass is 421 g/mol. The number of halogens is 2. The molecule has 0 aliphatic carbocycles. The van der Waals surface area contributed by atoms with Gasteiger partial charge in [-0.2, -0.15) is 0 Å². The second-order valence-electron chi connectivity index (χ2n) is 4.85. The lowest BCUT2D eigenvalue weighted by Crippen LogP contribution is -2.34. The van der Waals surface area contributed by atoms with Crippen LogP contribution in [0.5, 0.6) is 0 Å². The number of thioether (sulfide) groups is 1. The summed E-state index contributed by atoms with van der Waals surface area (Å²) >= 11 is 9.53. The molecular weight excluding hydrogens is 413 g/mol. The lowest BCUT2D eigenvalue weighted by molar-refractivity contribution is -0.120. The van der Waals surface area contributed by atoms with Gasteiger partial charge in [0.25, 0.3) is 11.8 Å². The molecule has 0 bridgehead atoms. The number of hydrogen-bond donors (Lipinski definition) is 0. The Labute approximate surface area is 155 Å². The lowest BCUT2D eigenvalue weighted by atomic mass is 10.2. The van der Waals surface area contributed by atoms with Crippen molar-refractivity contribution in [3.63, 3.8) is 0 Å². The van der Waals surface area contributed by atoms with E-state index in [9.17, 15) is 14.0 Å². The summed E-state index contributed by atoms with van der Waals surface area (Å²) in [5.74, 6) is -1.31. The molecule has 2 aromatic carbocycles. The number of amides is 2. The first-order valence-electron chi connectivity index (χ1n) is 6.80. The van der Waals surface area contributed by atoms with E-state index in [-0.39, 0.29) is 10.1 Å². The fraction of sp³-hybridized carbons (Fsp3) is 0. The number of carbonyl (C=O) groups is 2. The maximum absolute atomic E-state index is 13.0. The Morgan fingerprint density at radius 2 is 1.83 bits per heavy atom. The molecule has 0 unspecified atom stereocenters. The van der Waals surface area contributed by atoms with E-state index in [4.69, 9.17) is 12.2 Å². The Morgan fingerprint density at radius 3 is 2.50 bits per heavy atom. The number of benzene rings is 2. The van der Waals surface area contributed by atoms with E-state index in [2.05, 4.69) is 15.9 Å². The van der Waals surface area contributed by atoms with Crippen molar-refractivity contribution in [2.24, 2.45) is 0 Å². The van der Waals surface area contributed by atoms with Crippen molar-refractivity contribution in [2.75, 3.05) is 0 Å². The van der Waals surface area contributed by atoms with E-state index in [1.54, 1.807) is 42.5 Å². The van der Waals surface area contributed by atoms with Crippen LogP contribution in [0.2, 0.25) is 0 Å². The molecule has 0 saturated carbocycles. The fourth-order valence-electron chi connectivity index (χ4n) is 2.11. The van der Waals surface area contributed by atoms with Crippen LogP contribution >= 0.6 is 39.9 Å². The number of carbonyl (C=O) groups excluding carboxylic acids is 2. The fourth-order valence-corrected chi connectivity index (χ4v) is 3.82. The van der Waals surface area contributed by atoms with Gasteiger partial charge in [0.15, 0.2) is 4.32 Å². The zero-order valence-corrected chi connectivity index (χ0v) is 15.3. The van der Waals surface area contributed by atoms with Crippen LogP contribution in [0.3, 0.4) is 0 Å². The lowest BCUT2D eigenvalue weighted by Gasteiger charge is -2.13. The Hall–Kier alpha value is -1.83. The van der Waals surface area contributed by atoms with Gasteiger partial charge in [0.1, 0.15) is 5.82 Å². The Balaban J connectivity index is 1.91. The first-order chi connectivity index (χ1) is 11.5. The average molecular weight is 422 g/mol. The molecular formula is C17H9BrFNO2S2. The minimum atomic E-state index is -0.479. The second kappa shape index (κ2) is 6.96. The molecule has 2 amide bonds. The number of rotatable bonds is 2. The highest BCUT2D eigenvalue weighted by molar-refractivity contribution is 9.10. The molecule has 7 heteroatoms. The molecule has 1 fully saturated rings. The highest BCUT2D eigenvalue weighted by Gasteiger charge is 2.37. The van der Waals surface area contributed by atoms with Gasteiger partial charge in [0.05, 0.1) is 10.5 Å². The smallest absolute Gasteiger partial charge is 0.268 e. The Bertz CT molecular complexity index is 880. The highest BCUT2D eigenvalue weighted by atomic mass is 79.9. The van der Waals surface area contributed by atoms with Gasteiger partial charge in [-0.05, 0) is 51.8 Å². The van der Waals surface area contributed by atoms with Crippen LogP contribution < -0.4 is 0 Å². The molecule has 0 aromatic heterocycles. The maximum Gasteiger partial charge on any atom is 0.273 e. The third kappa shape index (κ3) is 3.33. The summed E-state index contributed by atoms with van der Waals surface area (Å²) in [5.41, 5.74) is 1.02. The van der Waals surface area contributed by atoms with Crippen LogP contribution in [0.15, 0.2) is 57.9 Å². The van der Waals surface area contributed by atoms with E-state index >= 15 is 0 Å². The number of thiocarbonyl (C=S) groups is 1. The van der Waals surface area contributed by atoms with Crippen LogP contribution in [-0.2, 0) is 4.79 Å². The van der Waals surface area contributed by atoms with Gasteiger partial charge in [-0.15, -0.1) is 0 Å². The van der Waals surface area contributed by atoms with Gasteiger partial charge in [-0.3, -0.25) is 9.59 Å². The predicted octanol–water partition coefficient (Wildman–Crippen LogP) is 4.63. The molecule has 1 heterocycles. The van der Waals surface area contributed by atoms with Crippen molar-refractivity contribution < 1.29 is 14.0 Å². The third-order valence-corrected chi connectivity index (χ3v) is 5.26. The molecule has 3 rings (SSSR count). The topological polar surface area (TPSA) is 37.4 Å². The molecule has 0 spiro atoms. The molecule has 3 nitrogen and oxygen atoms in total. The first kappa shape index (κ1) is 17.0. The standard InChI is InChI=1S/C17H9BrFNO2S2/c18-13-4-2-1-3-12(13)15(21)20-16(22)14(24-17(20)23)9-10-5-7-11(19)8-6-10/h1-9H/b14-9+. The zero-order chi connectivity index (χ0) is 17.3. The van der Waals surface area contributed by atoms with Crippen molar-refractivity contribution in [2.45, 2.75) is 0 Å². The molecule has 0 atom stereocenters. The van der Waals surface area contributed by atoms with Gasteiger partial charge < -0.3 is 0 Å². The van der Waals surface area contributed by atoms with Gasteiger partial charge in [-0.1, -0.05) is 48.2 Å². The Kier molecular flexibility index (Phi) is 4.93. The first-order valence-corrected chi connectivity index (χ1v) is 8.81. The van der Waals surface area contributed by atoms with E-state index in [0.717, 1.165) is 16.7 Å². The van der Waals surface area contributed by atoms with Crippen LogP contribution in [0, 0.1) is 5.82 Å². The number of imide groups is 1. The normalized spacial score (nSPS) is 16.1. The van der Waals surface area contributed by atoms with Crippen molar-refractivity contribution in [1.82, 2.24) is 4.90 Å². The summed E-state index contributed by atoms with van der Waals surface area (Å²) in [4.78, 5) is 26.5. The second-order valence-corrected chi connectivity index (χ2v) is 7.38. The average Bonchev–Trinajstić information content (AvgIpc) is 2.83. The molecule has 2 aromatic rings. The summed E-state index contributed by atoms with van der Waals surface area (Å²) < 4.78 is 13.7. The van der Waals surface area contributed by atoms with Crippen molar-refractivity contribution in [1.29, 1.82) is 0 Å². The zero-order valence-electron chi connectivity index (χ0n) is 12.0. The van der Waals surface area contributed by atoms with Crippen LogP contribution in [0.25, 0.3) is 6.08 Å². The summed E-state index contributed by atoms with van der Waals surface area (Å²) in [7, 11) is 0. The van der Waals surface area contributed by atoms with Crippen molar-refractivity contribution in [3.05, 3.63) is 74.9 Å². The number of hydrogen-bond acceptors (Lipinski definition) is 4. The van der Waals surface area contributed by atoms with Gasteiger partial charge in [0, 0.05) is 4.47 Å². The quantitative estimate of drug-likeness (QED) is 0.402. The SMILES string of the molecule is O=C1/C(=C\c2ccc(F)cc2)SC(=S)N1C(=O)c1ccccc1Br. The highest BCUT2D eigenvalue weighted by Crippen LogP contribution is 2.34. The van der Waals surface area contributed by atoms with Crippen LogP contribution in [-0.4, -0.2) is 21.0 Å². The number of nitrogens with zero attached hydrogens (tertiary/aromatic N) is 1. The van der Waals surface area contributed by atoms with Gasteiger partial charge in [0.2, 0.25) is 0 Å². The predicted molar refractivity (Wildman–Crippen MR) is 99.9 cm³/mol. The molecule has 1 saturated heterocycles. The Morgan fingerprint density at radius 1 is 1.17 bits per heavy atom. The van der Waals surface area contributed by atoms with E-state index in [1.807, 2.05) is 0 Å². The minimum absolute atomic E-state index is 0.175. The molecule has 1 aliphatic rings.